The van der Waals surface area contributed by atoms with E-state index in [4.69, 9.17) is 13.8 Å². The topological polar surface area (TPSA) is 146 Å². The highest BCUT2D eigenvalue weighted by Gasteiger charge is 2.46. The van der Waals surface area contributed by atoms with E-state index in [1.54, 1.807) is 0 Å². The largest absolute Gasteiger partial charge is 0.474 e. The van der Waals surface area contributed by atoms with Crippen molar-refractivity contribution < 1.29 is 43.7 Å². The predicted octanol–water partition coefficient (Wildman–Crippen LogP) is 7.99. The normalized spacial score (nSPS) is 25.6. The van der Waals surface area contributed by atoms with Crippen LogP contribution < -0.4 is 0 Å². The third kappa shape index (κ3) is 19.4. The average Bonchev–Trinajstić information content (AvgIpc) is 3.01. The van der Waals surface area contributed by atoms with Gasteiger partial charge in [-0.05, 0) is 118 Å². The standard InChI is InChI=1S/C37H65O9P/c1-8-27(2)14-9-15-28(3)16-10-17-29(4)18-11-19-30(5)20-12-21-31(6)22-13-23-32(7)24-25-44-47(42,43)46-37-36(41)35(40)34(39)33(26-38)45-37/h14,16,18,20,22,32-41H,8-13,15,17,19,21,23-26H2,1-7H3,(H,42,43)/b27-14-,28-16-,29-18-,30-20-,31-22+/t32-,33+,34+,35-,36-,37-/m0/s1. The number of phosphoric acid groups is 1. The van der Waals surface area contributed by atoms with Gasteiger partial charge in [0.2, 0.25) is 0 Å². The van der Waals surface area contributed by atoms with Crippen LogP contribution in [0.5, 0.6) is 0 Å². The lowest BCUT2D eigenvalue weighted by Crippen LogP contribution is -2.58. The average molecular weight is 685 g/mol. The first-order valence-electron chi connectivity index (χ1n) is 17.4. The Hall–Kier alpha value is -1.39. The van der Waals surface area contributed by atoms with Crippen LogP contribution in [0, 0.1) is 5.92 Å². The molecule has 0 aromatic carbocycles. The zero-order chi connectivity index (χ0) is 35.4. The van der Waals surface area contributed by atoms with Crippen LogP contribution >= 0.6 is 7.82 Å². The summed E-state index contributed by atoms with van der Waals surface area (Å²) in [5, 5.41) is 38.9. The summed E-state index contributed by atoms with van der Waals surface area (Å²) in [5.41, 5.74) is 7.21. The Balaban J connectivity index is 2.27. The lowest BCUT2D eigenvalue weighted by atomic mass is 10.00. The van der Waals surface area contributed by atoms with Crippen LogP contribution in [0.25, 0.3) is 0 Å². The Labute approximate surface area is 284 Å². The molecule has 1 unspecified atom stereocenters. The highest BCUT2D eigenvalue weighted by atomic mass is 31.2. The van der Waals surface area contributed by atoms with Gasteiger partial charge in [0.15, 0.2) is 6.29 Å². The second kappa shape index (κ2) is 23.9. The minimum atomic E-state index is -4.61. The second-order valence-electron chi connectivity index (χ2n) is 13.3. The molecule has 10 heteroatoms. The van der Waals surface area contributed by atoms with Gasteiger partial charge in [-0.3, -0.25) is 9.05 Å². The minimum Gasteiger partial charge on any atom is -0.394 e. The van der Waals surface area contributed by atoms with Crippen molar-refractivity contribution in [1.29, 1.82) is 0 Å². The summed E-state index contributed by atoms with van der Waals surface area (Å²) in [4.78, 5) is 10.0. The number of aliphatic hydroxyl groups is 4. The molecule has 0 aliphatic carbocycles. The first-order valence-corrected chi connectivity index (χ1v) is 18.9. The molecule has 272 valence electrons. The highest BCUT2D eigenvalue weighted by molar-refractivity contribution is 7.47. The van der Waals surface area contributed by atoms with Crippen molar-refractivity contribution >= 4 is 7.82 Å². The molecule has 1 saturated heterocycles. The molecule has 1 aliphatic rings. The molecular formula is C37H65O9P. The van der Waals surface area contributed by atoms with E-state index in [0.29, 0.717) is 6.42 Å². The highest BCUT2D eigenvalue weighted by Crippen LogP contribution is 2.46. The lowest BCUT2D eigenvalue weighted by Gasteiger charge is -2.39. The molecule has 0 aromatic heterocycles. The van der Waals surface area contributed by atoms with Crippen molar-refractivity contribution in [2.45, 2.75) is 156 Å². The van der Waals surface area contributed by atoms with E-state index in [9.17, 15) is 29.9 Å². The maximum Gasteiger partial charge on any atom is 0.474 e. The quantitative estimate of drug-likeness (QED) is 0.0534. The summed E-state index contributed by atoms with van der Waals surface area (Å²) < 4.78 is 27.4. The minimum absolute atomic E-state index is 0.0402. The van der Waals surface area contributed by atoms with Crippen LogP contribution in [-0.4, -0.2) is 69.2 Å². The molecule has 1 aliphatic heterocycles. The number of hydrogen-bond acceptors (Lipinski definition) is 8. The number of phosphoric ester groups is 1. The lowest BCUT2D eigenvalue weighted by molar-refractivity contribution is -0.281. The van der Waals surface area contributed by atoms with Gasteiger partial charge in [-0.25, -0.2) is 4.57 Å². The molecule has 1 fully saturated rings. The Morgan fingerprint density at radius 3 is 1.62 bits per heavy atom. The first kappa shape index (κ1) is 43.6. The summed E-state index contributed by atoms with van der Waals surface area (Å²) in [5.74, 6) is 0.238. The summed E-state index contributed by atoms with van der Waals surface area (Å²) in [6.45, 7) is 14.6. The molecule has 1 rings (SSSR count). The van der Waals surface area contributed by atoms with Crippen LogP contribution in [0.1, 0.15) is 126 Å². The van der Waals surface area contributed by atoms with Crippen LogP contribution in [0.2, 0.25) is 0 Å². The molecule has 0 spiro atoms. The summed E-state index contributed by atoms with van der Waals surface area (Å²) >= 11 is 0. The van der Waals surface area contributed by atoms with E-state index < -0.39 is 45.1 Å². The van der Waals surface area contributed by atoms with Crippen molar-refractivity contribution in [3.8, 4) is 0 Å². The first-order chi connectivity index (χ1) is 22.2. The molecule has 0 aromatic rings. The van der Waals surface area contributed by atoms with Gasteiger partial charge < -0.3 is 30.1 Å². The van der Waals surface area contributed by atoms with Crippen molar-refractivity contribution in [1.82, 2.24) is 0 Å². The summed E-state index contributed by atoms with van der Waals surface area (Å²) in [7, 11) is -4.61. The molecule has 0 amide bonds. The van der Waals surface area contributed by atoms with Gasteiger partial charge in [0.05, 0.1) is 13.2 Å². The molecule has 5 N–H and O–H groups in total. The van der Waals surface area contributed by atoms with Gasteiger partial charge >= 0.3 is 7.82 Å². The van der Waals surface area contributed by atoms with Gasteiger partial charge in [-0.2, -0.15) is 0 Å². The zero-order valence-electron chi connectivity index (χ0n) is 30.1. The Kier molecular flexibility index (Phi) is 22.2. The van der Waals surface area contributed by atoms with Crippen LogP contribution in [0.3, 0.4) is 0 Å². The van der Waals surface area contributed by atoms with Crippen LogP contribution in [-0.2, 0) is 18.3 Å². The second-order valence-corrected chi connectivity index (χ2v) is 14.7. The van der Waals surface area contributed by atoms with Gasteiger partial charge in [0.25, 0.3) is 0 Å². The van der Waals surface area contributed by atoms with E-state index in [2.05, 4.69) is 71.9 Å². The van der Waals surface area contributed by atoms with E-state index in [1.165, 1.54) is 27.9 Å². The van der Waals surface area contributed by atoms with Crippen molar-refractivity contribution in [3.63, 3.8) is 0 Å². The third-order valence-corrected chi connectivity index (χ3v) is 9.77. The summed E-state index contributed by atoms with van der Waals surface area (Å²) in [6, 6.07) is 0. The molecule has 0 bridgehead atoms. The van der Waals surface area contributed by atoms with E-state index in [-0.39, 0.29) is 12.5 Å². The number of hydrogen-bond donors (Lipinski definition) is 5. The zero-order valence-corrected chi connectivity index (χ0v) is 31.0. The number of allylic oxidation sites excluding steroid dienone is 10. The molecule has 0 radical (unpaired) electrons. The van der Waals surface area contributed by atoms with Crippen LogP contribution in [0.4, 0.5) is 0 Å². The molecule has 1 heterocycles. The Morgan fingerprint density at radius 1 is 0.723 bits per heavy atom. The third-order valence-electron chi connectivity index (χ3n) is 8.79. The van der Waals surface area contributed by atoms with Gasteiger partial charge in [-0.1, -0.05) is 72.1 Å². The Morgan fingerprint density at radius 2 is 1.17 bits per heavy atom. The van der Waals surface area contributed by atoms with E-state index in [0.717, 1.165) is 70.6 Å². The molecule has 7 atom stereocenters. The molecule has 9 nitrogen and oxygen atoms in total. The molecule has 47 heavy (non-hydrogen) atoms. The van der Waals surface area contributed by atoms with Crippen LogP contribution in [0.15, 0.2) is 58.2 Å². The number of rotatable bonds is 23. The number of aliphatic hydroxyl groups excluding tert-OH is 4. The van der Waals surface area contributed by atoms with Crippen molar-refractivity contribution in [3.05, 3.63) is 58.2 Å². The number of ether oxygens (including phenoxy) is 1. The fourth-order valence-electron chi connectivity index (χ4n) is 5.18. The van der Waals surface area contributed by atoms with Gasteiger partial charge in [-0.15, -0.1) is 0 Å². The van der Waals surface area contributed by atoms with E-state index in [1.807, 2.05) is 6.92 Å². The molecule has 0 saturated carbocycles. The fraction of sp³-hybridized carbons (Fsp3) is 0.730. The maximum absolute atomic E-state index is 12.3. The van der Waals surface area contributed by atoms with Gasteiger partial charge in [0.1, 0.15) is 24.4 Å². The fourth-order valence-corrected chi connectivity index (χ4v) is 6.02. The molecular weight excluding hydrogens is 619 g/mol. The van der Waals surface area contributed by atoms with Crippen molar-refractivity contribution in [2.75, 3.05) is 13.2 Å². The maximum atomic E-state index is 12.3. The van der Waals surface area contributed by atoms with Crippen molar-refractivity contribution in [2.24, 2.45) is 5.92 Å². The van der Waals surface area contributed by atoms with Gasteiger partial charge in [0, 0.05) is 0 Å². The smallest absolute Gasteiger partial charge is 0.394 e. The Bertz CT molecular complexity index is 1090. The monoisotopic (exact) mass is 684 g/mol. The van der Waals surface area contributed by atoms with E-state index >= 15 is 0 Å². The summed E-state index contributed by atoms with van der Waals surface area (Å²) in [6.07, 6.45) is 15.9. The predicted molar refractivity (Wildman–Crippen MR) is 190 cm³/mol. The SMILES string of the molecule is CC/C(C)=C\CC/C(C)=C\CC/C(C)=C\CC/C(C)=C\CC/C(C)=C/CC[C@H](C)CCOP(=O)(O)O[C@@H]1O[C@H](CO)[C@@H](O)[C@H](O)[C@@H]1O.